The van der Waals surface area contributed by atoms with Crippen LogP contribution in [-0.2, 0) is 16.6 Å². The van der Waals surface area contributed by atoms with E-state index in [1.807, 2.05) is 14.0 Å². The maximum atomic E-state index is 12.8. The summed E-state index contributed by atoms with van der Waals surface area (Å²) < 4.78 is 26.9. The van der Waals surface area contributed by atoms with Gasteiger partial charge in [0.15, 0.2) is 0 Å². The molecule has 0 radical (unpaired) electrons. The number of benzene rings is 1. The molecule has 21 heavy (non-hydrogen) atoms. The van der Waals surface area contributed by atoms with Crippen molar-refractivity contribution >= 4 is 33.2 Å². The first-order valence-corrected chi connectivity index (χ1v) is 8.76. The van der Waals surface area contributed by atoms with Crippen LogP contribution in [0.1, 0.15) is 12.5 Å². The minimum atomic E-state index is -3.72. The number of sulfonamides is 1. The van der Waals surface area contributed by atoms with Gasteiger partial charge in [0.2, 0.25) is 10.0 Å². The topological polar surface area (TPSA) is 60.9 Å². The Kier molecular flexibility index (Phi) is 5.18. The lowest BCUT2D eigenvalue weighted by atomic mass is 10.2. The summed E-state index contributed by atoms with van der Waals surface area (Å²) in [5.41, 5.74) is 0.310. The van der Waals surface area contributed by atoms with E-state index in [2.05, 4.69) is 4.90 Å². The zero-order valence-electron chi connectivity index (χ0n) is 11.9. The second-order valence-electron chi connectivity index (χ2n) is 5.23. The first-order chi connectivity index (χ1) is 9.77. The van der Waals surface area contributed by atoms with Gasteiger partial charge in [0, 0.05) is 30.7 Å². The number of nitrogens with zero attached hydrogens (tertiary/aromatic N) is 2. The summed E-state index contributed by atoms with van der Waals surface area (Å²) in [5.74, 6) is 0. The Morgan fingerprint density at radius 3 is 2.57 bits per heavy atom. The van der Waals surface area contributed by atoms with Crippen molar-refractivity contribution in [3.8, 4) is 0 Å². The van der Waals surface area contributed by atoms with Crippen molar-refractivity contribution in [3.63, 3.8) is 0 Å². The van der Waals surface area contributed by atoms with E-state index in [1.54, 1.807) is 0 Å². The summed E-state index contributed by atoms with van der Waals surface area (Å²) in [6.07, 6.45) is 0. The summed E-state index contributed by atoms with van der Waals surface area (Å²) >= 11 is 12.1. The molecule has 1 aromatic rings. The summed E-state index contributed by atoms with van der Waals surface area (Å²) in [7, 11) is -1.76. The van der Waals surface area contributed by atoms with Gasteiger partial charge in [-0.15, -0.1) is 0 Å². The number of hydrogen-bond donors (Lipinski definition) is 1. The fraction of sp³-hybridized carbons (Fsp3) is 0.538. The number of piperazine rings is 1. The molecule has 1 atom stereocenters. The van der Waals surface area contributed by atoms with Gasteiger partial charge in [0.1, 0.15) is 4.90 Å². The number of hydrogen-bond acceptors (Lipinski definition) is 4. The van der Waals surface area contributed by atoms with Crippen LogP contribution in [-0.4, -0.2) is 55.5 Å². The zero-order valence-corrected chi connectivity index (χ0v) is 14.2. The highest BCUT2D eigenvalue weighted by Crippen LogP contribution is 2.32. The van der Waals surface area contributed by atoms with E-state index in [1.165, 1.54) is 16.4 Å². The summed E-state index contributed by atoms with van der Waals surface area (Å²) in [4.78, 5) is 2.06. The van der Waals surface area contributed by atoms with Crippen LogP contribution < -0.4 is 0 Å². The maximum Gasteiger partial charge on any atom is 0.244 e. The van der Waals surface area contributed by atoms with Gasteiger partial charge in [-0.05, 0) is 31.7 Å². The van der Waals surface area contributed by atoms with Gasteiger partial charge in [-0.2, -0.15) is 4.31 Å². The van der Waals surface area contributed by atoms with E-state index in [9.17, 15) is 13.5 Å². The third-order valence-corrected chi connectivity index (χ3v) is 6.46. The van der Waals surface area contributed by atoms with E-state index in [0.29, 0.717) is 25.2 Å². The average molecular weight is 353 g/mol. The van der Waals surface area contributed by atoms with Crippen LogP contribution in [0.15, 0.2) is 17.0 Å². The Morgan fingerprint density at radius 1 is 1.33 bits per heavy atom. The first-order valence-electron chi connectivity index (χ1n) is 6.56. The normalized spacial score (nSPS) is 21.7. The maximum absolute atomic E-state index is 12.8. The van der Waals surface area contributed by atoms with Crippen LogP contribution in [0.3, 0.4) is 0 Å². The molecule has 0 bridgehead atoms. The highest BCUT2D eigenvalue weighted by molar-refractivity contribution is 7.89. The Morgan fingerprint density at radius 2 is 2.00 bits per heavy atom. The molecule has 1 aromatic carbocycles. The molecule has 0 aliphatic carbocycles. The third-order valence-electron chi connectivity index (χ3n) is 3.79. The van der Waals surface area contributed by atoms with Crippen LogP contribution in [0, 0.1) is 0 Å². The molecule has 1 N–H and O–H groups in total. The van der Waals surface area contributed by atoms with Gasteiger partial charge in [0.25, 0.3) is 0 Å². The molecule has 8 heteroatoms. The lowest BCUT2D eigenvalue weighted by Gasteiger charge is -2.37. The number of likely N-dealkylation sites (N-methyl/N-ethyl adjacent to an activating group) is 1. The van der Waals surface area contributed by atoms with Crippen molar-refractivity contribution in [3.05, 3.63) is 27.7 Å². The van der Waals surface area contributed by atoms with Gasteiger partial charge in [-0.3, -0.25) is 0 Å². The fourth-order valence-electron chi connectivity index (χ4n) is 2.29. The first kappa shape index (κ1) is 17.0. The van der Waals surface area contributed by atoms with Gasteiger partial charge >= 0.3 is 0 Å². The van der Waals surface area contributed by atoms with Crippen molar-refractivity contribution in [1.82, 2.24) is 9.21 Å². The zero-order chi connectivity index (χ0) is 15.8. The molecule has 1 aliphatic heterocycles. The summed E-state index contributed by atoms with van der Waals surface area (Å²) in [6.45, 7) is 3.07. The van der Waals surface area contributed by atoms with E-state index in [0.717, 1.165) is 0 Å². The standard InChI is InChI=1S/C13H18Cl2N2O3S/c1-9-7-17(4-3-16(9)2)21(19,20)12-6-11(14)5-10(8-18)13(12)15/h5-6,9,18H,3-4,7-8H2,1-2H3. The molecule has 0 aromatic heterocycles. The van der Waals surface area contributed by atoms with Gasteiger partial charge in [0.05, 0.1) is 11.6 Å². The van der Waals surface area contributed by atoms with Gasteiger partial charge < -0.3 is 10.0 Å². The minimum Gasteiger partial charge on any atom is -0.392 e. The highest BCUT2D eigenvalue weighted by atomic mass is 35.5. The Labute approximate surface area is 135 Å². The molecule has 5 nitrogen and oxygen atoms in total. The van der Waals surface area contributed by atoms with Crippen molar-refractivity contribution in [2.45, 2.75) is 24.5 Å². The number of aliphatic hydroxyl groups excluding tert-OH is 1. The lowest BCUT2D eigenvalue weighted by Crippen LogP contribution is -2.51. The molecule has 0 amide bonds. The van der Waals surface area contributed by atoms with Crippen molar-refractivity contribution < 1.29 is 13.5 Å². The van der Waals surface area contributed by atoms with Crippen LogP contribution >= 0.6 is 23.2 Å². The molecule has 1 unspecified atom stereocenters. The van der Waals surface area contributed by atoms with Crippen molar-refractivity contribution in [2.75, 3.05) is 26.7 Å². The monoisotopic (exact) mass is 352 g/mol. The molecular weight excluding hydrogens is 335 g/mol. The SMILES string of the molecule is CC1CN(S(=O)(=O)c2cc(Cl)cc(CO)c2Cl)CCN1C. The molecule has 118 valence electrons. The molecule has 0 spiro atoms. The van der Waals surface area contributed by atoms with Crippen LogP contribution in [0.4, 0.5) is 0 Å². The molecule has 1 fully saturated rings. The third kappa shape index (κ3) is 3.36. The van der Waals surface area contributed by atoms with Crippen LogP contribution in [0.5, 0.6) is 0 Å². The predicted octanol–water partition coefficient (Wildman–Crippen LogP) is 1.81. The minimum absolute atomic E-state index is 0.0356. The molecule has 1 heterocycles. The average Bonchev–Trinajstić information content (AvgIpc) is 2.43. The van der Waals surface area contributed by atoms with E-state index < -0.39 is 10.0 Å². The molecule has 2 rings (SSSR count). The molecule has 0 saturated carbocycles. The number of rotatable bonds is 3. The van der Waals surface area contributed by atoms with Crippen molar-refractivity contribution in [2.24, 2.45) is 0 Å². The van der Waals surface area contributed by atoms with Crippen LogP contribution in [0.2, 0.25) is 10.0 Å². The fourth-order valence-corrected chi connectivity index (χ4v) is 4.71. The summed E-state index contributed by atoms with van der Waals surface area (Å²) in [6, 6.07) is 2.93. The van der Waals surface area contributed by atoms with E-state index in [-0.39, 0.29) is 27.6 Å². The largest absolute Gasteiger partial charge is 0.392 e. The molecule has 1 saturated heterocycles. The second kappa shape index (κ2) is 6.40. The van der Waals surface area contributed by atoms with Gasteiger partial charge in [-0.1, -0.05) is 23.2 Å². The van der Waals surface area contributed by atoms with Crippen molar-refractivity contribution in [1.29, 1.82) is 0 Å². The van der Waals surface area contributed by atoms with Crippen LogP contribution in [0.25, 0.3) is 0 Å². The van der Waals surface area contributed by atoms with Gasteiger partial charge in [-0.25, -0.2) is 8.42 Å². The molecule has 1 aliphatic rings. The second-order valence-corrected chi connectivity index (χ2v) is 7.95. The Balaban J connectivity index is 2.43. The quantitative estimate of drug-likeness (QED) is 0.901. The number of aliphatic hydroxyl groups is 1. The summed E-state index contributed by atoms with van der Waals surface area (Å²) in [5, 5.41) is 9.54. The predicted molar refractivity (Wildman–Crippen MR) is 83.2 cm³/mol. The van der Waals surface area contributed by atoms with E-state index in [4.69, 9.17) is 23.2 Å². The Hall–Kier alpha value is -0.370. The lowest BCUT2D eigenvalue weighted by molar-refractivity contribution is 0.159. The van der Waals surface area contributed by atoms with E-state index >= 15 is 0 Å². The Bertz CT molecular complexity index is 637. The molecular formula is C13H18Cl2N2O3S. The smallest absolute Gasteiger partial charge is 0.244 e. The highest BCUT2D eigenvalue weighted by Gasteiger charge is 2.33. The number of halogens is 2.